The maximum absolute atomic E-state index is 9.00. The average Bonchev–Trinajstić information content (AvgIpc) is 1.54. The summed E-state index contributed by atoms with van der Waals surface area (Å²) in [4.78, 5) is 18.0. The summed E-state index contributed by atoms with van der Waals surface area (Å²) in [6, 6.07) is 0. The molecule has 0 saturated carbocycles. The molecule has 0 atom stereocenters. The van der Waals surface area contributed by atoms with Crippen LogP contribution in [0, 0.1) is 0 Å². The topological polar surface area (TPSA) is 135 Å². The lowest BCUT2D eigenvalue weighted by molar-refractivity contribution is -0.135. The van der Waals surface area contributed by atoms with Gasteiger partial charge in [0, 0.05) is 13.8 Å². The molecule has 0 aliphatic heterocycles. The van der Waals surface area contributed by atoms with Crippen LogP contribution in [0.1, 0.15) is 13.8 Å². The van der Waals surface area contributed by atoms with Gasteiger partial charge in [-0.2, -0.15) is 0 Å². The van der Waals surface area contributed by atoms with Crippen molar-refractivity contribution in [3.63, 3.8) is 0 Å². The van der Waals surface area contributed by atoms with E-state index in [1.807, 2.05) is 0 Å². The molecule has 0 aliphatic carbocycles. The molecule has 0 heterocycles. The van der Waals surface area contributed by atoms with Gasteiger partial charge in [-0.05, 0) is 0 Å². The molecule has 0 amide bonds. The molecule has 0 fully saturated rings. The molecular formula is C4H11BO7. The molecule has 5 N–H and O–H groups in total. The minimum atomic E-state index is -2.17. The van der Waals surface area contributed by atoms with Crippen LogP contribution in [0.25, 0.3) is 0 Å². The summed E-state index contributed by atoms with van der Waals surface area (Å²) in [6.45, 7) is 2.17. The Kier molecular flexibility index (Phi) is 17.9. The maximum Gasteiger partial charge on any atom is 0.631 e. The van der Waals surface area contributed by atoms with Gasteiger partial charge in [-0.1, -0.05) is 0 Å². The summed E-state index contributed by atoms with van der Waals surface area (Å²) in [5.74, 6) is -1.67. The van der Waals surface area contributed by atoms with Crippen LogP contribution in [0.3, 0.4) is 0 Å². The third-order valence-corrected chi connectivity index (χ3v) is 0. The molecule has 0 bridgehead atoms. The second kappa shape index (κ2) is 12.6. The van der Waals surface area contributed by atoms with E-state index in [0.29, 0.717) is 0 Å². The Balaban J connectivity index is -0.000000101. The fourth-order valence-electron chi connectivity index (χ4n) is 0. The second-order valence-corrected chi connectivity index (χ2v) is 1.38. The van der Waals surface area contributed by atoms with E-state index in [1.165, 1.54) is 0 Å². The van der Waals surface area contributed by atoms with Crippen LogP contribution >= 0.6 is 0 Å². The van der Waals surface area contributed by atoms with E-state index < -0.39 is 19.3 Å². The third kappa shape index (κ3) is 444. The van der Waals surface area contributed by atoms with Crippen molar-refractivity contribution in [2.24, 2.45) is 0 Å². The van der Waals surface area contributed by atoms with Gasteiger partial charge >= 0.3 is 7.32 Å². The molecule has 0 radical (unpaired) electrons. The molecule has 8 heteroatoms. The van der Waals surface area contributed by atoms with Crippen molar-refractivity contribution in [1.29, 1.82) is 0 Å². The molecule has 0 spiro atoms. The Labute approximate surface area is 69.1 Å². The first-order valence-electron chi connectivity index (χ1n) is 2.63. The van der Waals surface area contributed by atoms with Gasteiger partial charge in [0.05, 0.1) is 0 Å². The van der Waals surface area contributed by atoms with E-state index in [4.69, 9.17) is 34.9 Å². The largest absolute Gasteiger partial charge is 0.631 e. The van der Waals surface area contributed by atoms with Gasteiger partial charge in [0.15, 0.2) is 0 Å². The average molecular weight is 182 g/mol. The van der Waals surface area contributed by atoms with Crippen molar-refractivity contribution in [3.8, 4) is 0 Å². The van der Waals surface area contributed by atoms with Crippen LogP contribution in [0.2, 0.25) is 0 Å². The van der Waals surface area contributed by atoms with Crippen LogP contribution in [-0.4, -0.2) is 44.5 Å². The van der Waals surface area contributed by atoms with Gasteiger partial charge in [-0.25, -0.2) is 0 Å². The monoisotopic (exact) mass is 182 g/mol. The highest BCUT2D eigenvalue weighted by Gasteiger charge is 1.92. The van der Waals surface area contributed by atoms with Crippen molar-refractivity contribution in [2.45, 2.75) is 13.8 Å². The fraction of sp³-hybridized carbons (Fsp3) is 0.500. The molecule has 0 rings (SSSR count). The maximum atomic E-state index is 9.00. The Morgan fingerprint density at radius 1 is 0.917 bits per heavy atom. The van der Waals surface area contributed by atoms with Crippen molar-refractivity contribution >= 4 is 19.3 Å². The quantitative estimate of drug-likeness (QED) is 0.277. The highest BCUT2D eigenvalue weighted by Crippen LogP contribution is 1.42. The predicted octanol–water partition coefficient (Wildman–Crippen LogP) is -1.87. The SMILES string of the molecule is CC(=O)O.CC(=O)O.OB(O)O. The molecule has 72 valence electrons. The van der Waals surface area contributed by atoms with Gasteiger partial charge in [-0.3, -0.25) is 9.59 Å². The van der Waals surface area contributed by atoms with Gasteiger partial charge in [0.1, 0.15) is 0 Å². The molecule has 0 aromatic rings. The summed E-state index contributed by atoms with van der Waals surface area (Å²) < 4.78 is 0. The van der Waals surface area contributed by atoms with Crippen molar-refractivity contribution in [1.82, 2.24) is 0 Å². The van der Waals surface area contributed by atoms with E-state index in [0.717, 1.165) is 13.8 Å². The van der Waals surface area contributed by atoms with Gasteiger partial charge in [0.2, 0.25) is 0 Å². The van der Waals surface area contributed by atoms with Crippen LogP contribution < -0.4 is 0 Å². The first-order chi connectivity index (χ1) is 5.20. The van der Waals surface area contributed by atoms with Crippen LogP contribution in [0.4, 0.5) is 0 Å². The zero-order valence-electron chi connectivity index (χ0n) is 6.63. The first kappa shape index (κ1) is 17.1. The van der Waals surface area contributed by atoms with Gasteiger partial charge < -0.3 is 25.3 Å². The minimum Gasteiger partial charge on any atom is -0.481 e. The van der Waals surface area contributed by atoms with E-state index >= 15 is 0 Å². The first-order valence-corrected chi connectivity index (χ1v) is 2.63. The summed E-state index contributed by atoms with van der Waals surface area (Å²) in [5, 5.41) is 36.3. The number of hydrogen-bond donors (Lipinski definition) is 5. The molecular weight excluding hydrogens is 171 g/mol. The molecule has 0 saturated heterocycles. The summed E-state index contributed by atoms with van der Waals surface area (Å²) >= 11 is 0. The zero-order valence-corrected chi connectivity index (χ0v) is 6.63. The third-order valence-electron chi connectivity index (χ3n) is 0. The van der Waals surface area contributed by atoms with E-state index in [-0.39, 0.29) is 0 Å². The van der Waals surface area contributed by atoms with Gasteiger partial charge in [0.25, 0.3) is 11.9 Å². The minimum absolute atomic E-state index is 0.833. The van der Waals surface area contributed by atoms with Crippen LogP contribution in [0.15, 0.2) is 0 Å². The predicted molar refractivity (Wildman–Crippen MR) is 39.0 cm³/mol. The Hall–Kier alpha value is -1.12. The lowest BCUT2D eigenvalue weighted by atomic mass is 10.3. The Morgan fingerprint density at radius 3 is 0.917 bits per heavy atom. The number of aliphatic carboxylic acids is 2. The molecule has 0 aromatic carbocycles. The molecule has 7 nitrogen and oxygen atoms in total. The number of carbonyl (C=O) groups is 2. The number of carboxylic acids is 2. The molecule has 0 aliphatic rings. The Bertz CT molecular complexity index is 99.8. The van der Waals surface area contributed by atoms with E-state index in [2.05, 4.69) is 0 Å². The summed E-state index contributed by atoms with van der Waals surface area (Å²) in [7, 11) is -2.17. The fourth-order valence-corrected chi connectivity index (χ4v) is 0. The second-order valence-electron chi connectivity index (χ2n) is 1.38. The van der Waals surface area contributed by atoms with Crippen LogP contribution in [-0.2, 0) is 9.59 Å². The molecule has 0 unspecified atom stereocenters. The lowest BCUT2D eigenvalue weighted by Gasteiger charge is -1.69. The molecule has 12 heavy (non-hydrogen) atoms. The highest BCUT2D eigenvalue weighted by molar-refractivity contribution is 6.30. The molecule has 0 aromatic heterocycles. The smallest absolute Gasteiger partial charge is 0.481 e. The number of carboxylic acid groups (broad SMARTS) is 2. The standard InChI is InChI=1S/2C2H4O2.BH3O3/c2*1-2(3)4;2-1(3)4/h2*1H3,(H,3,4);2-4H. The highest BCUT2D eigenvalue weighted by atomic mass is 16.5. The number of hydrogen-bond acceptors (Lipinski definition) is 5. The van der Waals surface area contributed by atoms with E-state index in [1.54, 1.807) is 0 Å². The van der Waals surface area contributed by atoms with Crippen molar-refractivity contribution in [3.05, 3.63) is 0 Å². The normalized spacial score (nSPS) is 6.42. The van der Waals surface area contributed by atoms with Crippen molar-refractivity contribution < 1.29 is 34.9 Å². The lowest BCUT2D eigenvalue weighted by Crippen LogP contribution is -2.07. The number of rotatable bonds is 0. The zero-order chi connectivity index (χ0) is 10.7. The van der Waals surface area contributed by atoms with Crippen molar-refractivity contribution in [2.75, 3.05) is 0 Å². The van der Waals surface area contributed by atoms with E-state index in [9.17, 15) is 0 Å². The van der Waals surface area contributed by atoms with Crippen LogP contribution in [0.5, 0.6) is 0 Å². The summed E-state index contributed by atoms with van der Waals surface area (Å²) in [5.41, 5.74) is 0. The summed E-state index contributed by atoms with van der Waals surface area (Å²) in [6.07, 6.45) is 0. The Morgan fingerprint density at radius 2 is 0.917 bits per heavy atom. The van der Waals surface area contributed by atoms with Gasteiger partial charge in [-0.15, -0.1) is 0 Å².